The number of aromatic nitrogens is 4. The Labute approximate surface area is 348 Å². The first kappa shape index (κ1) is 39.7. The van der Waals surface area contributed by atoms with E-state index < -0.39 is 12.1 Å². The van der Waals surface area contributed by atoms with Crippen molar-refractivity contribution in [3.05, 3.63) is 156 Å². The predicted octanol–water partition coefficient (Wildman–Crippen LogP) is 7.18. The van der Waals surface area contributed by atoms with Gasteiger partial charge in [-0.05, 0) is 48.9 Å². The van der Waals surface area contributed by atoms with Crippen molar-refractivity contribution in [1.29, 1.82) is 0 Å². The van der Waals surface area contributed by atoms with E-state index in [1.165, 1.54) is 32.7 Å². The largest absolute Gasteiger partial charge is 0.331 e. The van der Waals surface area contributed by atoms with Crippen molar-refractivity contribution >= 4 is 33.4 Å². The molecule has 4 aromatic carbocycles. The zero-order valence-corrected chi connectivity index (χ0v) is 34.2. The molecule has 2 aliphatic heterocycles. The molecule has 4 atom stereocenters. The van der Waals surface area contributed by atoms with E-state index in [1.807, 2.05) is 58.3 Å². The smallest absolute Gasteiger partial charge is 0.241 e. The number of hydrogen-bond acceptors (Lipinski definition) is 8. The number of carbonyl (C=O) groups is 2. The van der Waals surface area contributed by atoms with Gasteiger partial charge in [0.05, 0.1) is 60.0 Å². The number of rotatable bonds is 15. The lowest BCUT2D eigenvalue weighted by Crippen LogP contribution is -2.50. The van der Waals surface area contributed by atoms with Crippen molar-refractivity contribution < 1.29 is 9.59 Å². The van der Waals surface area contributed by atoms with Crippen LogP contribution in [-0.2, 0) is 35.5 Å². The minimum Gasteiger partial charge on any atom is -0.331 e. The summed E-state index contributed by atoms with van der Waals surface area (Å²) in [4.78, 5) is 32.1. The number of benzene rings is 4. The Kier molecular flexibility index (Phi) is 12.7. The van der Waals surface area contributed by atoms with Gasteiger partial charge in [-0.3, -0.25) is 19.0 Å². The Morgan fingerprint density at radius 1 is 0.552 bits per heavy atom. The molecule has 0 spiro atoms. The van der Waals surface area contributed by atoms with Crippen LogP contribution in [0.25, 0.3) is 22.5 Å². The second kappa shape index (κ2) is 18.6. The molecule has 2 aromatic heterocycles. The molecule has 6 aromatic rings. The van der Waals surface area contributed by atoms with Gasteiger partial charge in [0.1, 0.15) is 0 Å². The highest BCUT2D eigenvalue weighted by Gasteiger charge is 2.36. The zero-order valence-electron chi connectivity index (χ0n) is 32.6. The number of nitrogens with zero attached hydrogens (tertiary/aromatic N) is 6. The lowest BCUT2D eigenvalue weighted by molar-refractivity contribution is -0.136. The molecule has 0 aliphatic carbocycles. The van der Waals surface area contributed by atoms with Crippen LogP contribution in [0.3, 0.4) is 0 Å². The third-order valence-electron chi connectivity index (χ3n) is 11.2. The van der Waals surface area contributed by atoms with Crippen LogP contribution in [0, 0.1) is 0 Å². The van der Waals surface area contributed by atoms with Crippen molar-refractivity contribution in [2.24, 2.45) is 11.5 Å². The molecule has 2 aliphatic rings. The molecule has 3 unspecified atom stereocenters. The summed E-state index contributed by atoms with van der Waals surface area (Å²) < 4.78 is 4.11. The summed E-state index contributed by atoms with van der Waals surface area (Å²) in [6.07, 6.45) is 3.18. The van der Waals surface area contributed by atoms with E-state index in [0.29, 0.717) is 37.7 Å². The van der Waals surface area contributed by atoms with Gasteiger partial charge in [0.15, 0.2) is 0 Å². The molecule has 2 amide bonds. The van der Waals surface area contributed by atoms with Crippen LogP contribution in [0.15, 0.2) is 133 Å². The predicted molar refractivity (Wildman–Crippen MR) is 235 cm³/mol. The second-order valence-electron chi connectivity index (χ2n) is 15.0. The number of amides is 2. The molecule has 12 heteroatoms. The quantitative estimate of drug-likeness (QED) is 0.0825. The number of fused-ring (bicyclic) bond motifs is 2. The fourth-order valence-electron chi connectivity index (χ4n) is 8.14. The molecule has 298 valence electrons. The summed E-state index contributed by atoms with van der Waals surface area (Å²) in [5.41, 5.74) is 21.8. The standard InChI is InChI=1S/C46H50N8O2S2/c47-37(45(55)51-25-27-53-43(29-39(49-53)35-17-9-3-10-18-35)41(51)23-21-33-13-5-1-6-14-33)31-57-58-32-38(48)46(56)52-26-28-54-44(30-40(50-54)36-19-11-4-12-20-36)42(52)24-22-34-15-7-2-8-16-34/h1-20,29-30,37-38,41-42H,21-28,31-32,47-48H2/t37-,38?,41?,42?/m0/s1. The van der Waals surface area contributed by atoms with Crippen molar-refractivity contribution in [2.45, 2.75) is 62.9 Å². The van der Waals surface area contributed by atoms with E-state index in [9.17, 15) is 9.59 Å². The maximum atomic E-state index is 14.1. The van der Waals surface area contributed by atoms with Gasteiger partial charge >= 0.3 is 0 Å². The Morgan fingerprint density at radius 2 is 0.914 bits per heavy atom. The van der Waals surface area contributed by atoms with Crippen molar-refractivity contribution in [1.82, 2.24) is 29.4 Å². The van der Waals surface area contributed by atoms with E-state index >= 15 is 0 Å². The van der Waals surface area contributed by atoms with Crippen LogP contribution < -0.4 is 11.5 Å². The third-order valence-corrected chi connectivity index (χ3v) is 13.7. The fourth-order valence-corrected chi connectivity index (χ4v) is 10.4. The van der Waals surface area contributed by atoms with Crippen molar-refractivity contribution in [3.8, 4) is 22.5 Å². The molecule has 58 heavy (non-hydrogen) atoms. The normalized spacial score (nSPS) is 17.3. The molecule has 8 rings (SSSR count). The molecule has 0 bridgehead atoms. The average Bonchev–Trinajstić information content (AvgIpc) is 3.92. The Hall–Kier alpha value is -5.14. The first-order chi connectivity index (χ1) is 28.4. The number of hydrogen-bond donors (Lipinski definition) is 2. The van der Waals surface area contributed by atoms with Gasteiger partial charge in [-0.15, -0.1) is 0 Å². The molecule has 10 nitrogen and oxygen atoms in total. The molecule has 0 saturated heterocycles. The Morgan fingerprint density at radius 3 is 1.29 bits per heavy atom. The van der Waals surface area contributed by atoms with Crippen LogP contribution in [0.5, 0.6) is 0 Å². The first-order valence-electron chi connectivity index (χ1n) is 20.1. The average molecular weight is 811 g/mol. The molecular formula is C46H50N8O2S2. The fraction of sp³-hybridized carbons (Fsp3) is 0.304. The summed E-state index contributed by atoms with van der Waals surface area (Å²) in [6, 6.07) is 43.6. The summed E-state index contributed by atoms with van der Waals surface area (Å²) in [5.74, 6) is 0.680. The Bertz CT molecular complexity index is 2110. The lowest BCUT2D eigenvalue weighted by atomic mass is 9.98. The maximum Gasteiger partial charge on any atom is 0.241 e. The van der Waals surface area contributed by atoms with Gasteiger partial charge < -0.3 is 21.3 Å². The topological polar surface area (TPSA) is 128 Å². The van der Waals surface area contributed by atoms with Gasteiger partial charge in [-0.2, -0.15) is 10.2 Å². The summed E-state index contributed by atoms with van der Waals surface area (Å²) in [6.45, 7) is 2.30. The highest BCUT2D eigenvalue weighted by Crippen LogP contribution is 2.36. The van der Waals surface area contributed by atoms with Crippen LogP contribution >= 0.6 is 21.6 Å². The van der Waals surface area contributed by atoms with E-state index in [0.717, 1.165) is 59.6 Å². The molecule has 4 N–H and O–H groups in total. The van der Waals surface area contributed by atoms with Gasteiger partial charge in [0, 0.05) is 35.7 Å². The minimum absolute atomic E-state index is 0.0682. The van der Waals surface area contributed by atoms with Crippen LogP contribution in [-0.4, -0.2) is 77.9 Å². The maximum absolute atomic E-state index is 14.1. The van der Waals surface area contributed by atoms with Crippen LogP contribution in [0.4, 0.5) is 0 Å². The summed E-state index contributed by atoms with van der Waals surface area (Å²) in [7, 11) is 3.01. The van der Waals surface area contributed by atoms with E-state index in [1.54, 1.807) is 0 Å². The van der Waals surface area contributed by atoms with E-state index in [2.05, 4.69) is 94.3 Å². The van der Waals surface area contributed by atoms with Gasteiger partial charge in [0.2, 0.25) is 11.8 Å². The van der Waals surface area contributed by atoms with Gasteiger partial charge in [-0.1, -0.05) is 143 Å². The highest BCUT2D eigenvalue weighted by molar-refractivity contribution is 8.76. The minimum atomic E-state index is -0.699. The van der Waals surface area contributed by atoms with Crippen LogP contribution in [0.2, 0.25) is 0 Å². The van der Waals surface area contributed by atoms with Crippen molar-refractivity contribution in [3.63, 3.8) is 0 Å². The number of carbonyl (C=O) groups excluding carboxylic acids is 2. The van der Waals surface area contributed by atoms with Crippen molar-refractivity contribution in [2.75, 3.05) is 24.6 Å². The van der Waals surface area contributed by atoms with E-state index in [4.69, 9.17) is 21.7 Å². The molecule has 4 heterocycles. The second-order valence-corrected chi connectivity index (χ2v) is 17.6. The summed E-state index contributed by atoms with van der Waals surface area (Å²) in [5, 5.41) is 9.87. The summed E-state index contributed by atoms with van der Waals surface area (Å²) >= 11 is 0. The zero-order chi connectivity index (χ0) is 39.8. The number of nitrogens with two attached hydrogens (primary N) is 2. The molecular weight excluding hydrogens is 761 g/mol. The molecule has 0 radical (unpaired) electrons. The number of aryl methyl sites for hydroxylation is 2. The monoisotopic (exact) mass is 810 g/mol. The molecule has 0 saturated carbocycles. The van der Waals surface area contributed by atoms with Crippen LogP contribution in [0.1, 0.15) is 47.4 Å². The third kappa shape index (κ3) is 9.10. The van der Waals surface area contributed by atoms with Gasteiger partial charge in [0.25, 0.3) is 0 Å². The van der Waals surface area contributed by atoms with E-state index in [-0.39, 0.29) is 23.9 Å². The lowest BCUT2D eigenvalue weighted by Gasteiger charge is -2.38. The highest BCUT2D eigenvalue weighted by atomic mass is 33.1. The SMILES string of the molecule is NC(CSSC[C@H](N)C(=O)N1CCn2nc(-c3ccccc3)cc2C1CCc1ccccc1)C(=O)N1CCn2nc(-c3ccccc3)cc2C1CCc1ccccc1. The molecule has 0 fully saturated rings. The van der Waals surface area contributed by atoms with Gasteiger partial charge in [-0.25, -0.2) is 0 Å². The Balaban J connectivity index is 0.898. The first-order valence-corrected chi connectivity index (χ1v) is 22.6.